The number of anilines is 1. The lowest BCUT2D eigenvalue weighted by Crippen LogP contribution is -2.11. The number of rotatable bonds is 4. The second-order valence-electron chi connectivity index (χ2n) is 4.11. The predicted octanol–water partition coefficient (Wildman–Crippen LogP) is 3.29. The van der Waals surface area contributed by atoms with Crippen molar-refractivity contribution in [3.8, 4) is 0 Å². The zero-order chi connectivity index (χ0) is 14.6. The minimum Gasteiger partial charge on any atom is -0.368 e. The maximum atomic E-state index is 12.9. The van der Waals surface area contributed by atoms with Gasteiger partial charge in [-0.25, -0.2) is 4.39 Å². The second-order valence-corrected chi connectivity index (χ2v) is 4.11. The van der Waals surface area contributed by atoms with Gasteiger partial charge in [-0.05, 0) is 36.2 Å². The average Bonchev–Trinajstić information content (AvgIpc) is 2.38. The van der Waals surface area contributed by atoms with Crippen LogP contribution in [-0.4, -0.2) is 16.7 Å². The zero-order valence-corrected chi connectivity index (χ0v) is 10.3. The Morgan fingerprint density at radius 3 is 2.45 bits per heavy atom. The summed E-state index contributed by atoms with van der Waals surface area (Å²) in [4.78, 5) is 0. The van der Waals surface area contributed by atoms with E-state index in [9.17, 15) is 17.6 Å². The van der Waals surface area contributed by atoms with Crippen molar-refractivity contribution in [1.82, 2.24) is 10.2 Å². The van der Waals surface area contributed by atoms with E-state index in [1.165, 1.54) is 18.2 Å². The first-order valence-corrected chi connectivity index (χ1v) is 5.84. The number of halogens is 4. The maximum Gasteiger partial charge on any atom is 0.435 e. The van der Waals surface area contributed by atoms with Crippen LogP contribution >= 0.6 is 0 Å². The summed E-state index contributed by atoms with van der Waals surface area (Å²) >= 11 is 0. The van der Waals surface area contributed by atoms with Crippen LogP contribution in [-0.2, 0) is 12.6 Å². The molecule has 106 valence electrons. The van der Waals surface area contributed by atoms with E-state index in [0.717, 1.165) is 11.6 Å². The summed E-state index contributed by atoms with van der Waals surface area (Å²) < 4.78 is 49.7. The van der Waals surface area contributed by atoms with E-state index in [2.05, 4.69) is 15.5 Å². The first-order chi connectivity index (χ1) is 9.45. The molecule has 0 saturated carbocycles. The van der Waals surface area contributed by atoms with Crippen molar-refractivity contribution < 1.29 is 17.6 Å². The van der Waals surface area contributed by atoms with Gasteiger partial charge in [0.2, 0.25) is 0 Å². The summed E-state index contributed by atoms with van der Waals surface area (Å²) in [5.74, 6) is -0.0776. The minimum atomic E-state index is -4.49. The quantitative estimate of drug-likeness (QED) is 0.876. The molecule has 0 atom stereocenters. The second kappa shape index (κ2) is 5.85. The summed E-state index contributed by atoms with van der Waals surface area (Å²) in [5.41, 5.74) is -0.245. The Labute approximate surface area is 112 Å². The third-order valence-electron chi connectivity index (χ3n) is 2.56. The molecule has 0 unspecified atom stereocenters. The molecular weight excluding hydrogens is 274 g/mol. The van der Waals surface area contributed by atoms with Crippen LogP contribution in [0.3, 0.4) is 0 Å². The molecule has 2 rings (SSSR count). The Kier molecular flexibility index (Phi) is 4.16. The molecule has 0 aliphatic carbocycles. The molecule has 20 heavy (non-hydrogen) atoms. The predicted molar refractivity (Wildman–Crippen MR) is 65.6 cm³/mol. The molecule has 0 amide bonds. The lowest BCUT2D eigenvalue weighted by molar-refractivity contribution is -0.141. The van der Waals surface area contributed by atoms with E-state index in [4.69, 9.17) is 0 Å². The number of nitrogens with one attached hydrogen (secondary N) is 1. The molecule has 2 aromatic rings. The number of nitrogens with zero attached hydrogens (tertiary/aromatic N) is 2. The van der Waals surface area contributed by atoms with Crippen molar-refractivity contribution >= 4 is 5.82 Å². The summed E-state index contributed by atoms with van der Waals surface area (Å²) in [6.45, 7) is 0.420. The van der Waals surface area contributed by atoms with Gasteiger partial charge in [0.1, 0.15) is 11.6 Å². The standard InChI is InChI=1S/C13H11F4N3/c14-10-3-1-2-9(8-10)6-7-18-12-5-4-11(19-20-12)13(15,16)17/h1-5,8H,6-7H2,(H,18,20). The molecule has 1 N–H and O–H groups in total. The van der Waals surface area contributed by atoms with Crippen molar-refractivity contribution in [2.24, 2.45) is 0 Å². The van der Waals surface area contributed by atoms with Crippen molar-refractivity contribution in [2.45, 2.75) is 12.6 Å². The average molecular weight is 285 g/mol. The molecule has 0 bridgehead atoms. The van der Waals surface area contributed by atoms with Gasteiger partial charge >= 0.3 is 6.18 Å². The van der Waals surface area contributed by atoms with Crippen LogP contribution < -0.4 is 5.32 Å². The third-order valence-corrected chi connectivity index (χ3v) is 2.56. The molecule has 3 nitrogen and oxygen atoms in total. The van der Waals surface area contributed by atoms with Crippen molar-refractivity contribution in [1.29, 1.82) is 0 Å². The van der Waals surface area contributed by atoms with Crippen LogP contribution in [0.4, 0.5) is 23.4 Å². The van der Waals surface area contributed by atoms with Crippen LogP contribution in [0.1, 0.15) is 11.3 Å². The molecule has 1 heterocycles. The molecule has 1 aromatic heterocycles. The fourth-order valence-corrected chi connectivity index (χ4v) is 1.61. The van der Waals surface area contributed by atoms with E-state index in [1.807, 2.05) is 0 Å². The van der Waals surface area contributed by atoms with Gasteiger partial charge in [0.15, 0.2) is 5.69 Å². The lowest BCUT2D eigenvalue weighted by atomic mass is 10.1. The Bertz CT molecular complexity index is 567. The van der Waals surface area contributed by atoms with Crippen LogP contribution in [0, 0.1) is 5.82 Å². The Morgan fingerprint density at radius 1 is 1.05 bits per heavy atom. The summed E-state index contributed by atoms with van der Waals surface area (Å²) in [7, 11) is 0. The summed E-state index contributed by atoms with van der Waals surface area (Å²) in [6.07, 6.45) is -3.96. The Balaban J connectivity index is 1.88. The number of hydrogen-bond donors (Lipinski definition) is 1. The monoisotopic (exact) mass is 285 g/mol. The highest BCUT2D eigenvalue weighted by Gasteiger charge is 2.32. The van der Waals surface area contributed by atoms with E-state index in [0.29, 0.717) is 13.0 Å². The highest BCUT2D eigenvalue weighted by atomic mass is 19.4. The van der Waals surface area contributed by atoms with E-state index < -0.39 is 11.9 Å². The smallest absolute Gasteiger partial charge is 0.368 e. The van der Waals surface area contributed by atoms with Gasteiger partial charge in [0.25, 0.3) is 0 Å². The Hall–Kier alpha value is -2.18. The van der Waals surface area contributed by atoms with Gasteiger partial charge in [0, 0.05) is 6.54 Å². The van der Waals surface area contributed by atoms with Gasteiger partial charge in [0.05, 0.1) is 0 Å². The van der Waals surface area contributed by atoms with Crippen molar-refractivity contribution in [3.05, 3.63) is 53.5 Å². The minimum absolute atomic E-state index is 0.245. The fourth-order valence-electron chi connectivity index (χ4n) is 1.61. The first-order valence-electron chi connectivity index (χ1n) is 5.84. The van der Waals surface area contributed by atoms with Crippen LogP contribution in [0.5, 0.6) is 0 Å². The summed E-state index contributed by atoms with van der Waals surface area (Å²) in [5, 5.41) is 9.36. The van der Waals surface area contributed by atoms with Gasteiger partial charge in [-0.2, -0.15) is 13.2 Å². The van der Waals surface area contributed by atoms with Crippen LogP contribution in [0.2, 0.25) is 0 Å². The van der Waals surface area contributed by atoms with E-state index >= 15 is 0 Å². The van der Waals surface area contributed by atoms with Gasteiger partial charge < -0.3 is 5.32 Å². The van der Waals surface area contributed by atoms with Gasteiger partial charge in [-0.1, -0.05) is 12.1 Å². The van der Waals surface area contributed by atoms with Gasteiger partial charge in [-0.15, -0.1) is 10.2 Å². The van der Waals surface area contributed by atoms with E-state index in [-0.39, 0.29) is 11.6 Å². The lowest BCUT2D eigenvalue weighted by Gasteiger charge is -2.07. The van der Waals surface area contributed by atoms with E-state index in [1.54, 1.807) is 12.1 Å². The first kappa shape index (κ1) is 14.2. The van der Waals surface area contributed by atoms with Gasteiger partial charge in [-0.3, -0.25) is 0 Å². The van der Waals surface area contributed by atoms with Crippen LogP contribution in [0.15, 0.2) is 36.4 Å². The topological polar surface area (TPSA) is 37.8 Å². The molecule has 0 fully saturated rings. The van der Waals surface area contributed by atoms with Crippen LogP contribution in [0.25, 0.3) is 0 Å². The molecular formula is C13H11F4N3. The number of aromatic nitrogens is 2. The van der Waals surface area contributed by atoms with Crippen molar-refractivity contribution in [3.63, 3.8) is 0 Å². The fraction of sp³-hybridized carbons (Fsp3) is 0.231. The SMILES string of the molecule is Fc1cccc(CCNc2ccc(C(F)(F)F)nn2)c1. The molecule has 0 spiro atoms. The summed E-state index contributed by atoms with van der Waals surface area (Å²) in [6, 6.07) is 8.18. The Morgan fingerprint density at radius 2 is 1.85 bits per heavy atom. The molecule has 1 aromatic carbocycles. The maximum absolute atomic E-state index is 12.9. The molecule has 7 heteroatoms. The molecule has 0 radical (unpaired) electrons. The zero-order valence-electron chi connectivity index (χ0n) is 10.3. The highest BCUT2D eigenvalue weighted by molar-refractivity contribution is 5.33. The number of hydrogen-bond acceptors (Lipinski definition) is 3. The highest BCUT2D eigenvalue weighted by Crippen LogP contribution is 2.26. The normalized spacial score (nSPS) is 11.4. The largest absolute Gasteiger partial charge is 0.435 e. The number of benzene rings is 1. The van der Waals surface area contributed by atoms with Crippen molar-refractivity contribution in [2.75, 3.05) is 11.9 Å². The number of alkyl halides is 3. The molecule has 0 aliphatic rings. The third kappa shape index (κ3) is 3.91. The molecule has 0 aliphatic heterocycles. The molecule has 0 saturated heterocycles.